The number of Topliss-reactive ketones (excluding diaryl/α,β-unsaturated/α-hetero) is 1. The van der Waals surface area contributed by atoms with Gasteiger partial charge in [-0.2, -0.15) is 0 Å². The van der Waals surface area contributed by atoms with Crippen LogP contribution in [0.5, 0.6) is 5.75 Å². The van der Waals surface area contributed by atoms with Crippen LogP contribution in [0.2, 0.25) is 0 Å². The lowest BCUT2D eigenvalue weighted by Gasteiger charge is -2.16. The summed E-state index contributed by atoms with van der Waals surface area (Å²) in [5, 5.41) is 0. The molecule has 9 heteroatoms. The van der Waals surface area contributed by atoms with E-state index in [0.717, 1.165) is 16.6 Å². The van der Waals surface area contributed by atoms with E-state index in [-0.39, 0.29) is 16.9 Å². The Morgan fingerprint density at radius 1 is 1.11 bits per heavy atom. The van der Waals surface area contributed by atoms with E-state index in [1.165, 1.54) is 50.6 Å². The number of benzene rings is 2. The minimum Gasteiger partial charge on any atom is -0.497 e. The third-order valence-electron chi connectivity index (χ3n) is 3.78. The van der Waals surface area contributed by atoms with Gasteiger partial charge in [-0.3, -0.25) is 9.10 Å². The summed E-state index contributed by atoms with van der Waals surface area (Å²) in [4.78, 5) is 24.0. The summed E-state index contributed by atoms with van der Waals surface area (Å²) in [6, 6.07) is 9.39. The number of hydrogen-bond donors (Lipinski definition) is 0. The first kappa shape index (κ1) is 20.4. The van der Waals surface area contributed by atoms with E-state index in [4.69, 9.17) is 9.47 Å². The number of esters is 1. The molecule has 0 radical (unpaired) electrons. The van der Waals surface area contributed by atoms with E-state index < -0.39 is 34.2 Å². The first-order valence-corrected chi connectivity index (χ1v) is 9.56. The van der Waals surface area contributed by atoms with Gasteiger partial charge in [0.1, 0.15) is 11.6 Å². The summed E-state index contributed by atoms with van der Waals surface area (Å²) in [7, 11) is -0.664. The summed E-state index contributed by atoms with van der Waals surface area (Å²) >= 11 is 0. The third-order valence-corrected chi connectivity index (χ3v) is 4.99. The molecule has 0 aromatic heterocycles. The van der Waals surface area contributed by atoms with Crippen LogP contribution in [0.3, 0.4) is 0 Å². The molecule has 2 aromatic carbocycles. The maximum absolute atomic E-state index is 13.8. The number of halogens is 1. The second-order valence-electron chi connectivity index (χ2n) is 5.62. The highest BCUT2D eigenvalue weighted by Crippen LogP contribution is 2.18. The van der Waals surface area contributed by atoms with Crippen LogP contribution in [0.25, 0.3) is 0 Å². The number of carbonyl (C=O) groups is 2. The van der Waals surface area contributed by atoms with Gasteiger partial charge in [0.15, 0.2) is 12.4 Å². The average Bonchev–Trinajstić information content (AvgIpc) is 2.64. The van der Waals surface area contributed by atoms with Gasteiger partial charge in [-0.1, -0.05) is 0 Å². The first-order chi connectivity index (χ1) is 12.6. The van der Waals surface area contributed by atoms with E-state index in [2.05, 4.69) is 0 Å². The van der Waals surface area contributed by atoms with E-state index in [1.807, 2.05) is 0 Å². The molecule has 0 unspecified atom stereocenters. The fraction of sp³-hybridized carbons (Fsp3) is 0.222. The normalized spacial score (nSPS) is 11.0. The lowest BCUT2D eigenvalue weighted by molar-refractivity contribution is 0.0470. The predicted molar refractivity (Wildman–Crippen MR) is 97.3 cm³/mol. The molecule has 2 rings (SSSR count). The SMILES string of the molecule is COc1ccc(C(=O)OCC(=O)c2ccc(N(C)S(C)(=O)=O)cc2)c(F)c1. The molecule has 0 heterocycles. The molecule has 144 valence electrons. The Hall–Kier alpha value is -2.94. The fourth-order valence-electron chi connectivity index (χ4n) is 2.13. The molecule has 0 aliphatic carbocycles. The van der Waals surface area contributed by atoms with Gasteiger partial charge in [-0.15, -0.1) is 0 Å². The van der Waals surface area contributed by atoms with Gasteiger partial charge in [0.25, 0.3) is 0 Å². The van der Waals surface area contributed by atoms with Crippen LogP contribution >= 0.6 is 0 Å². The predicted octanol–water partition coefficient (Wildman–Crippen LogP) is 2.27. The Morgan fingerprint density at radius 2 is 1.74 bits per heavy atom. The summed E-state index contributed by atoms with van der Waals surface area (Å²) < 4.78 is 47.6. The number of methoxy groups -OCH3 is 1. The lowest BCUT2D eigenvalue weighted by atomic mass is 10.1. The number of rotatable bonds is 7. The summed E-state index contributed by atoms with van der Waals surface area (Å²) in [6.07, 6.45) is 1.06. The van der Waals surface area contributed by atoms with Crippen LogP contribution in [-0.4, -0.2) is 47.2 Å². The van der Waals surface area contributed by atoms with E-state index in [9.17, 15) is 22.4 Å². The van der Waals surface area contributed by atoms with Crippen molar-refractivity contribution in [3.8, 4) is 5.75 Å². The van der Waals surface area contributed by atoms with Crippen LogP contribution in [0.1, 0.15) is 20.7 Å². The zero-order chi connectivity index (χ0) is 20.2. The number of ketones is 1. The average molecular weight is 395 g/mol. The smallest absolute Gasteiger partial charge is 0.341 e. The van der Waals surface area contributed by atoms with E-state index >= 15 is 0 Å². The summed E-state index contributed by atoms with van der Waals surface area (Å²) in [5.41, 5.74) is 0.295. The third kappa shape index (κ3) is 5.04. The maximum Gasteiger partial charge on any atom is 0.341 e. The highest BCUT2D eigenvalue weighted by Gasteiger charge is 2.17. The van der Waals surface area contributed by atoms with Gasteiger partial charge >= 0.3 is 5.97 Å². The van der Waals surface area contributed by atoms with Crippen molar-refractivity contribution < 1.29 is 31.9 Å². The number of carbonyl (C=O) groups excluding carboxylic acids is 2. The molecule has 0 amide bonds. The quantitative estimate of drug-likeness (QED) is 0.528. The Labute approximate surface area is 156 Å². The van der Waals surface area contributed by atoms with E-state index in [1.54, 1.807) is 0 Å². The zero-order valence-corrected chi connectivity index (χ0v) is 15.7. The van der Waals surface area contributed by atoms with Crippen molar-refractivity contribution in [2.75, 3.05) is 31.3 Å². The Bertz CT molecular complexity index is 956. The lowest BCUT2D eigenvalue weighted by Crippen LogP contribution is -2.24. The molecule has 0 fully saturated rings. The van der Waals surface area contributed by atoms with Crippen molar-refractivity contribution in [1.82, 2.24) is 0 Å². The number of anilines is 1. The van der Waals surface area contributed by atoms with E-state index in [0.29, 0.717) is 5.69 Å². The highest BCUT2D eigenvalue weighted by molar-refractivity contribution is 7.92. The van der Waals surface area contributed by atoms with Crippen molar-refractivity contribution in [3.63, 3.8) is 0 Å². The molecular weight excluding hydrogens is 377 g/mol. The molecule has 0 aliphatic heterocycles. The van der Waals surface area contributed by atoms with Crippen LogP contribution in [-0.2, 0) is 14.8 Å². The molecule has 0 atom stereocenters. The van der Waals surface area contributed by atoms with Crippen LogP contribution in [0, 0.1) is 5.82 Å². The van der Waals surface area contributed by atoms with Gasteiger partial charge in [-0.05, 0) is 36.4 Å². The summed E-state index contributed by atoms with van der Waals surface area (Å²) in [5.74, 6) is -2.05. The second-order valence-corrected chi connectivity index (χ2v) is 7.64. The largest absolute Gasteiger partial charge is 0.497 e. The number of ether oxygens (including phenoxy) is 2. The standard InChI is InChI=1S/C18H18FNO6S/c1-20(27(3,23)24)13-6-4-12(5-7-13)17(21)11-26-18(22)15-9-8-14(25-2)10-16(15)19/h4-10H,11H2,1-3H3. The van der Waals surface area contributed by atoms with Gasteiger partial charge < -0.3 is 9.47 Å². The maximum atomic E-state index is 13.8. The molecule has 0 spiro atoms. The number of sulfonamides is 1. The zero-order valence-electron chi connectivity index (χ0n) is 14.9. The van der Waals surface area contributed by atoms with Crippen LogP contribution < -0.4 is 9.04 Å². The van der Waals surface area contributed by atoms with Crippen molar-refractivity contribution in [1.29, 1.82) is 0 Å². The van der Waals surface area contributed by atoms with Crippen molar-refractivity contribution >= 4 is 27.5 Å². The molecule has 0 N–H and O–H groups in total. The Balaban J connectivity index is 2.02. The molecular formula is C18H18FNO6S. The topological polar surface area (TPSA) is 90.0 Å². The highest BCUT2D eigenvalue weighted by atomic mass is 32.2. The van der Waals surface area contributed by atoms with Crippen molar-refractivity contribution in [2.24, 2.45) is 0 Å². The molecule has 0 bridgehead atoms. The van der Waals surface area contributed by atoms with Crippen molar-refractivity contribution in [3.05, 3.63) is 59.4 Å². The first-order valence-electron chi connectivity index (χ1n) is 7.71. The Morgan fingerprint density at radius 3 is 2.26 bits per heavy atom. The van der Waals surface area contributed by atoms with Gasteiger partial charge in [0.2, 0.25) is 10.0 Å². The second kappa shape index (κ2) is 8.17. The van der Waals surface area contributed by atoms with Gasteiger partial charge in [-0.25, -0.2) is 17.6 Å². The number of nitrogens with zero attached hydrogens (tertiary/aromatic N) is 1. The monoisotopic (exact) mass is 395 g/mol. The molecule has 0 saturated heterocycles. The Kier molecular flexibility index (Phi) is 6.17. The minimum absolute atomic E-state index is 0.226. The molecule has 0 saturated carbocycles. The molecule has 7 nitrogen and oxygen atoms in total. The summed E-state index contributed by atoms with van der Waals surface area (Å²) in [6.45, 7) is -0.578. The van der Waals surface area contributed by atoms with Crippen LogP contribution in [0.4, 0.5) is 10.1 Å². The number of hydrogen-bond acceptors (Lipinski definition) is 6. The minimum atomic E-state index is -3.42. The van der Waals surface area contributed by atoms with Crippen molar-refractivity contribution in [2.45, 2.75) is 0 Å². The molecule has 0 aliphatic rings. The van der Waals surface area contributed by atoms with Gasteiger partial charge in [0, 0.05) is 18.7 Å². The molecule has 27 heavy (non-hydrogen) atoms. The molecule has 2 aromatic rings. The van der Waals surface area contributed by atoms with Gasteiger partial charge in [0.05, 0.1) is 24.6 Å². The van der Waals surface area contributed by atoms with Crippen LogP contribution in [0.15, 0.2) is 42.5 Å². The fourth-order valence-corrected chi connectivity index (χ4v) is 2.63.